The molecule has 0 aromatic heterocycles. The van der Waals surface area contributed by atoms with Gasteiger partial charge in [0.15, 0.2) is 4.98 Å². The number of rotatable bonds is 1. The molecule has 14 heavy (non-hydrogen) atoms. The molecule has 0 bridgehead atoms. The summed E-state index contributed by atoms with van der Waals surface area (Å²) in [5, 5.41) is 11.4. The molecule has 3 nitrogen and oxygen atoms in total. The first-order valence-electron chi connectivity index (χ1n) is 3.41. The van der Waals surface area contributed by atoms with Crippen LogP contribution in [0.25, 0.3) is 4.98 Å². The van der Waals surface area contributed by atoms with Crippen LogP contribution in [0.2, 0.25) is 0 Å². The van der Waals surface area contributed by atoms with Gasteiger partial charge in [-0.25, -0.2) is 0 Å². The van der Waals surface area contributed by atoms with E-state index in [-0.39, 0.29) is 44.3 Å². The van der Waals surface area contributed by atoms with E-state index in [0.717, 1.165) is 11.3 Å². The number of anilines is 1. The Morgan fingerprint density at radius 1 is 1.36 bits per heavy atom. The SMILES string of the molecule is CNc1cc([N+]#N)ccc1C.Cl.[Cl-].[Zn]. The maximum Gasteiger partial charge on any atom is 0.387 e. The van der Waals surface area contributed by atoms with Crippen molar-refractivity contribution in [1.29, 1.82) is 5.39 Å². The van der Waals surface area contributed by atoms with Gasteiger partial charge in [-0.05, 0) is 18.6 Å². The average molecular weight is 285 g/mol. The molecule has 0 radical (unpaired) electrons. The van der Waals surface area contributed by atoms with Gasteiger partial charge in [0, 0.05) is 38.3 Å². The molecule has 1 aromatic rings. The fraction of sp³-hybridized carbons (Fsp3) is 0.250. The van der Waals surface area contributed by atoms with Gasteiger partial charge in [-0.2, -0.15) is 0 Å². The van der Waals surface area contributed by atoms with Crippen molar-refractivity contribution in [2.75, 3.05) is 12.4 Å². The van der Waals surface area contributed by atoms with Crippen molar-refractivity contribution >= 4 is 23.8 Å². The third-order valence-corrected chi connectivity index (χ3v) is 1.61. The summed E-state index contributed by atoms with van der Waals surface area (Å²) in [5.74, 6) is 0. The molecule has 1 N–H and O–H groups in total. The van der Waals surface area contributed by atoms with Gasteiger partial charge in [0.2, 0.25) is 5.39 Å². The number of hydrogen-bond donors (Lipinski definition) is 1. The summed E-state index contributed by atoms with van der Waals surface area (Å²) >= 11 is 0. The molecule has 0 fully saturated rings. The van der Waals surface area contributed by atoms with Crippen LogP contribution >= 0.6 is 12.4 Å². The molecule has 0 aliphatic carbocycles. The van der Waals surface area contributed by atoms with E-state index in [4.69, 9.17) is 5.39 Å². The van der Waals surface area contributed by atoms with Crippen LogP contribution in [0.5, 0.6) is 0 Å². The minimum atomic E-state index is 0. The molecule has 0 unspecified atom stereocenters. The van der Waals surface area contributed by atoms with E-state index in [1.54, 1.807) is 12.1 Å². The third kappa shape index (κ3) is 4.76. The molecule has 1 aromatic carbocycles. The summed E-state index contributed by atoms with van der Waals surface area (Å²) in [5.41, 5.74) is 2.69. The summed E-state index contributed by atoms with van der Waals surface area (Å²) in [6.07, 6.45) is 0. The van der Waals surface area contributed by atoms with Crippen LogP contribution in [0.3, 0.4) is 0 Å². The zero-order chi connectivity index (χ0) is 8.27. The monoisotopic (exact) mass is 283 g/mol. The largest absolute Gasteiger partial charge is 1.00 e. The Morgan fingerprint density at radius 2 is 1.93 bits per heavy atom. The number of nitrogens with one attached hydrogen (secondary N) is 1. The predicted molar refractivity (Wildman–Crippen MR) is 52.7 cm³/mol. The van der Waals surface area contributed by atoms with Crippen LogP contribution < -0.4 is 17.7 Å². The zero-order valence-corrected chi connectivity index (χ0v) is 12.7. The van der Waals surface area contributed by atoms with Crippen molar-refractivity contribution in [3.05, 3.63) is 28.7 Å². The van der Waals surface area contributed by atoms with Crippen molar-refractivity contribution in [3.8, 4) is 0 Å². The number of halogens is 2. The maximum atomic E-state index is 8.45. The van der Waals surface area contributed by atoms with Crippen LogP contribution in [0.4, 0.5) is 11.4 Å². The Balaban J connectivity index is -0.000000403. The minimum Gasteiger partial charge on any atom is -1.00 e. The molecule has 0 aliphatic rings. The van der Waals surface area contributed by atoms with Crippen LogP contribution in [0, 0.1) is 12.3 Å². The zero-order valence-electron chi connectivity index (χ0n) is 8.12. The normalized spacial score (nSPS) is 6.93. The number of benzene rings is 1. The molecule has 6 heteroatoms. The summed E-state index contributed by atoms with van der Waals surface area (Å²) in [7, 11) is 1.84. The van der Waals surface area contributed by atoms with Crippen LogP contribution in [-0.4, -0.2) is 7.05 Å². The predicted octanol–water partition coefficient (Wildman–Crippen LogP) is -0.0554. The number of nitrogens with zero attached hydrogens (tertiary/aromatic N) is 2. The first-order chi connectivity index (χ1) is 5.27. The van der Waals surface area contributed by atoms with Crippen molar-refractivity contribution < 1.29 is 31.9 Å². The second-order valence-corrected chi connectivity index (χ2v) is 2.35. The van der Waals surface area contributed by atoms with Gasteiger partial charge >= 0.3 is 5.69 Å². The first kappa shape index (κ1) is 19.3. The number of hydrogen-bond acceptors (Lipinski definition) is 2. The van der Waals surface area contributed by atoms with Crippen LogP contribution in [0.1, 0.15) is 5.56 Å². The van der Waals surface area contributed by atoms with E-state index in [1.807, 2.05) is 20.0 Å². The van der Waals surface area contributed by atoms with E-state index in [9.17, 15) is 0 Å². The minimum absolute atomic E-state index is 0. The Labute approximate surface area is 109 Å². The molecule has 0 heterocycles. The smallest absolute Gasteiger partial charge is 0.387 e. The van der Waals surface area contributed by atoms with E-state index in [0.29, 0.717) is 5.69 Å². The summed E-state index contributed by atoms with van der Waals surface area (Å²) in [4.78, 5) is 3.08. The standard InChI is InChI=1S/C8H10N3.2ClH.Zn/c1-6-3-4-7(11-9)5-8(6)10-2;;;/h3-5,10H,1-2H3;2*1H;/q+1;;;/p-1. The Hall–Kier alpha value is -0.357. The van der Waals surface area contributed by atoms with Gasteiger partial charge in [-0.15, -0.1) is 12.4 Å². The first-order valence-corrected chi connectivity index (χ1v) is 3.41. The molecule has 1 rings (SSSR count). The quantitative estimate of drug-likeness (QED) is 0.580. The van der Waals surface area contributed by atoms with Gasteiger partial charge in [0.1, 0.15) is 0 Å². The van der Waals surface area contributed by atoms with Crippen LogP contribution in [0.15, 0.2) is 18.2 Å². The molecule has 0 saturated heterocycles. The number of diazo groups is 1. The molecule has 0 saturated carbocycles. The van der Waals surface area contributed by atoms with Crippen LogP contribution in [-0.2, 0) is 19.5 Å². The molecular weight excluding hydrogens is 274 g/mol. The second kappa shape index (κ2) is 9.21. The summed E-state index contributed by atoms with van der Waals surface area (Å²) < 4.78 is 0. The van der Waals surface area contributed by atoms with E-state index in [2.05, 4.69) is 10.3 Å². The third-order valence-electron chi connectivity index (χ3n) is 1.61. The molecule has 0 amide bonds. The van der Waals surface area contributed by atoms with Crippen molar-refractivity contribution in [1.82, 2.24) is 0 Å². The fourth-order valence-electron chi connectivity index (χ4n) is 0.942. The van der Waals surface area contributed by atoms with Gasteiger partial charge in [0.25, 0.3) is 0 Å². The van der Waals surface area contributed by atoms with Gasteiger partial charge < -0.3 is 17.7 Å². The molecule has 0 aliphatic heterocycles. The fourth-order valence-corrected chi connectivity index (χ4v) is 0.942. The average Bonchev–Trinajstić information content (AvgIpc) is 2.05. The van der Waals surface area contributed by atoms with E-state index < -0.39 is 0 Å². The van der Waals surface area contributed by atoms with E-state index >= 15 is 0 Å². The maximum absolute atomic E-state index is 8.45. The summed E-state index contributed by atoms with van der Waals surface area (Å²) in [6.45, 7) is 1.99. The Bertz CT molecular complexity index is 312. The van der Waals surface area contributed by atoms with Gasteiger partial charge in [0.05, 0.1) is 6.07 Å². The van der Waals surface area contributed by atoms with Crippen molar-refractivity contribution in [3.63, 3.8) is 0 Å². The Morgan fingerprint density at radius 3 is 2.36 bits per heavy atom. The van der Waals surface area contributed by atoms with Gasteiger partial charge in [-0.1, -0.05) is 0 Å². The Kier molecular flexibility index (Phi) is 12.7. The topological polar surface area (TPSA) is 40.2 Å². The van der Waals surface area contributed by atoms with Gasteiger partial charge in [-0.3, -0.25) is 0 Å². The number of aryl methyl sites for hydroxylation is 1. The summed E-state index contributed by atoms with van der Waals surface area (Å²) in [6, 6.07) is 5.45. The molecule has 0 atom stereocenters. The second-order valence-electron chi connectivity index (χ2n) is 2.35. The molecular formula is C8H11Cl2N3Zn. The van der Waals surface area contributed by atoms with Crippen molar-refractivity contribution in [2.45, 2.75) is 6.92 Å². The van der Waals surface area contributed by atoms with Crippen molar-refractivity contribution in [2.24, 2.45) is 0 Å². The molecule has 74 valence electrons. The van der Waals surface area contributed by atoms with E-state index in [1.165, 1.54) is 0 Å². The molecule has 0 spiro atoms.